The Balaban J connectivity index is 2.60. The third-order valence-electron chi connectivity index (χ3n) is 2.34. The van der Waals surface area contributed by atoms with Gasteiger partial charge in [-0.05, 0) is 19.9 Å². The SMILES string of the molecule is Cc1ncn(-c2cnccc2N)c1C. The summed E-state index contributed by atoms with van der Waals surface area (Å²) < 4.78 is 1.94. The molecule has 2 N–H and O–H groups in total. The molecular weight excluding hydrogens is 176 g/mol. The second-order valence-electron chi connectivity index (χ2n) is 3.22. The fraction of sp³-hybridized carbons (Fsp3) is 0.200. The van der Waals surface area contributed by atoms with E-state index in [-0.39, 0.29) is 0 Å². The van der Waals surface area contributed by atoms with Crippen LogP contribution < -0.4 is 5.73 Å². The molecular formula is C10H12N4. The Hall–Kier alpha value is -1.84. The van der Waals surface area contributed by atoms with E-state index in [9.17, 15) is 0 Å². The summed E-state index contributed by atoms with van der Waals surface area (Å²) in [6, 6.07) is 1.78. The molecule has 0 aliphatic rings. The molecule has 0 atom stereocenters. The lowest BCUT2D eigenvalue weighted by molar-refractivity contribution is 0.991. The van der Waals surface area contributed by atoms with Crippen molar-refractivity contribution in [1.29, 1.82) is 0 Å². The topological polar surface area (TPSA) is 56.7 Å². The molecule has 0 aliphatic heterocycles. The highest BCUT2D eigenvalue weighted by Gasteiger charge is 2.06. The third kappa shape index (κ3) is 1.25. The molecule has 0 radical (unpaired) electrons. The lowest BCUT2D eigenvalue weighted by Crippen LogP contribution is -2.00. The smallest absolute Gasteiger partial charge is 0.0998 e. The van der Waals surface area contributed by atoms with Crippen LogP contribution in [0.2, 0.25) is 0 Å². The molecule has 14 heavy (non-hydrogen) atoms. The molecule has 2 rings (SSSR count). The van der Waals surface area contributed by atoms with Gasteiger partial charge in [0.05, 0.1) is 29.6 Å². The summed E-state index contributed by atoms with van der Waals surface area (Å²) in [7, 11) is 0. The molecule has 0 aromatic carbocycles. The van der Waals surface area contributed by atoms with Crippen molar-refractivity contribution in [2.75, 3.05) is 5.73 Å². The Morgan fingerprint density at radius 2 is 2.14 bits per heavy atom. The van der Waals surface area contributed by atoms with Gasteiger partial charge in [0.2, 0.25) is 0 Å². The molecule has 0 saturated carbocycles. The highest BCUT2D eigenvalue weighted by Crippen LogP contribution is 2.18. The first-order valence-electron chi connectivity index (χ1n) is 4.40. The fourth-order valence-electron chi connectivity index (χ4n) is 1.34. The van der Waals surface area contributed by atoms with Crippen molar-refractivity contribution in [2.45, 2.75) is 13.8 Å². The zero-order chi connectivity index (χ0) is 10.1. The molecule has 0 saturated heterocycles. The zero-order valence-electron chi connectivity index (χ0n) is 8.23. The highest BCUT2D eigenvalue weighted by molar-refractivity contribution is 5.56. The van der Waals surface area contributed by atoms with E-state index in [0.717, 1.165) is 17.1 Å². The van der Waals surface area contributed by atoms with Gasteiger partial charge < -0.3 is 5.73 Å². The van der Waals surface area contributed by atoms with Crippen LogP contribution in [-0.4, -0.2) is 14.5 Å². The molecule has 2 heterocycles. The van der Waals surface area contributed by atoms with Crippen LogP contribution in [0.3, 0.4) is 0 Å². The first kappa shape index (κ1) is 8.74. The fourth-order valence-corrected chi connectivity index (χ4v) is 1.34. The standard InChI is InChI=1S/C10H12N4/c1-7-8(2)14(6-13-7)10-5-12-4-3-9(10)11/h3-6H,1-2H3,(H2,11,12). The molecule has 72 valence electrons. The summed E-state index contributed by atoms with van der Waals surface area (Å²) in [5.41, 5.74) is 9.53. The maximum atomic E-state index is 5.84. The van der Waals surface area contributed by atoms with E-state index >= 15 is 0 Å². The van der Waals surface area contributed by atoms with Gasteiger partial charge >= 0.3 is 0 Å². The lowest BCUT2D eigenvalue weighted by atomic mass is 10.3. The molecule has 4 heteroatoms. The van der Waals surface area contributed by atoms with Gasteiger partial charge in [0.1, 0.15) is 0 Å². The van der Waals surface area contributed by atoms with E-state index in [2.05, 4.69) is 9.97 Å². The first-order chi connectivity index (χ1) is 6.70. The Bertz CT molecular complexity index is 459. The maximum absolute atomic E-state index is 5.84. The van der Waals surface area contributed by atoms with Gasteiger partial charge in [-0.15, -0.1) is 0 Å². The molecule has 0 unspecified atom stereocenters. The lowest BCUT2D eigenvalue weighted by Gasteiger charge is -2.07. The molecule has 0 fully saturated rings. The quantitative estimate of drug-likeness (QED) is 0.737. The minimum atomic E-state index is 0.709. The average Bonchev–Trinajstić information content (AvgIpc) is 2.49. The minimum absolute atomic E-state index is 0.709. The van der Waals surface area contributed by atoms with E-state index in [1.165, 1.54) is 0 Å². The van der Waals surface area contributed by atoms with Crippen LogP contribution in [0.1, 0.15) is 11.4 Å². The first-order valence-corrected chi connectivity index (χ1v) is 4.40. The summed E-state index contributed by atoms with van der Waals surface area (Å²) in [4.78, 5) is 8.26. The molecule has 2 aromatic heterocycles. The van der Waals surface area contributed by atoms with Crippen molar-refractivity contribution < 1.29 is 0 Å². The van der Waals surface area contributed by atoms with Crippen molar-refractivity contribution in [3.63, 3.8) is 0 Å². The number of rotatable bonds is 1. The number of nitrogen functional groups attached to an aromatic ring is 1. The van der Waals surface area contributed by atoms with Gasteiger partial charge in [-0.25, -0.2) is 4.98 Å². The van der Waals surface area contributed by atoms with E-state index in [4.69, 9.17) is 5.73 Å². The molecule has 0 bridgehead atoms. The second-order valence-corrected chi connectivity index (χ2v) is 3.22. The van der Waals surface area contributed by atoms with Crippen LogP contribution in [0.25, 0.3) is 5.69 Å². The normalized spacial score (nSPS) is 10.4. The van der Waals surface area contributed by atoms with Crippen molar-refractivity contribution >= 4 is 5.69 Å². The number of aromatic nitrogens is 3. The van der Waals surface area contributed by atoms with E-state index in [1.54, 1.807) is 24.8 Å². The minimum Gasteiger partial charge on any atom is -0.397 e. The van der Waals surface area contributed by atoms with E-state index < -0.39 is 0 Å². The number of aryl methyl sites for hydroxylation is 1. The maximum Gasteiger partial charge on any atom is 0.0998 e. The van der Waals surface area contributed by atoms with Crippen LogP contribution in [-0.2, 0) is 0 Å². The molecule has 4 nitrogen and oxygen atoms in total. The Morgan fingerprint density at radius 1 is 1.36 bits per heavy atom. The predicted octanol–water partition coefficient (Wildman–Crippen LogP) is 1.47. The van der Waals surface area contributed by atoms with Gasteiger partial charge in [0.15, 0.2) is 0 Å². The third-order valence-corrected chi connectivity index (χ3v) is 2.34. The van der Waals surface area contributed by atoms with Crippen molar-refractivity contribution in [3.05, 3.63) is 36.2 Å². The van der Waals surface area contributed by atoms with Crippen LogP contribution in [0, 0.1) is 13.8 Å². The molecule has 0 spiro atoms. The molecule has 0 aliphatic carbocycles. The summed E-state index contributed by atoms with van der Waals surface area (Å²) in [6.45, 7) is 3.98. The number of nitrogens with zero attached hydrogens (tertiary/aromatic N) is 3. The Morgan fingerprint density at radius 3 is 2.71 bits per heavy atom. The summed E-state index contributed by atoms with van der Waals surface area (Å²) >= 11 is 0. The summed E-state index contributed by atoms with van der Waals surface area (Å²) in [5, 5.41) is 0. The van der Waals surface area contributed by atoms with Gasteiger partial charge in [-0.3, -0.25) is 9.55 Å². The van der Waals surface area contributed by atoms with Gasteiger partial charge in [0, 0.05) is 11.9 Å². The van der Waals surface area contributed by atoms with Crippen LogP contribution in [0.15, 0.2) is 24.8 Å². The number of hydrogen-bond acceptors (Lipinski definition) is 3. The number of nitrogens with two attached hydrogens (primary N) is 1. The monoisotopic (exact) mass is 188 g/mol. The van der Waals surface area contributed by atoms with E-state index in [0.29, 0.717) is 5.69 Å². The second kappa shape index (κ2) is 3.14. The number of anilines is 1. The molecule has 2 aromatic rings. The molecule has 0 amide bonds. The number of pyridine rings is 1. The van der Waals surface area contributed by atoms with Gasteiger partial charge in [-0.2, -0.15) is 0 Å². The van der Waals surface area contributed by atoms with Crippen LogP contribution in [0.5, 0.6) is 0 Å². The van der Waals surface area contributed by atoms with Crippen molar-refractivity contribution in [1.82, 2.24) is 14.5 Å². The highest BCUT2D eigenvalue weighted by atomic mass is 15.1. The largest absolute Gasteiger partial charge is 0.397 e. The number of hydrogen-bond donors (Lipinski definition) is 1. The predicted molar refractivity (Wildman–Crippen MR) is 55.2 cm³/mol. The number of imidazole rings is 1. The van der Waals surface area contributed by atoms with Crippen molar-refractivity contribution in [2.24, 2.45) is 0 Å². The zero-order valence-corrected chi connectivity index (χ0v) is 8.23. The van der Waals surface area contributed by atoms with Gasteiger partial charge in [-0.1, -0.05) is 0 Å². The van der Waals surface area contributed by atoms with Crippen LogP contribution in [0.4, 0.5) is 5.69 Å². The van der Waals surface area contributed by atoms with Crippen LogP contribution >= 0.6 is 0 Å². The Labute approximate surface area is 82.4 Å². The summed E-state index contributed by atoms with van der Waals surface area (Å²) in [5.74, 6) is 0. The average molecular weight is 188 g/mol. The Kier molecular flexibility index (Phi) is 1.96. The van der Waals surface area contributed by atoms with Gasteiger partial charge in [0.25, 0.3) is 0 Å². The van der Waals surface area contributed by atoms with Crippen molar-refractivity contribution in [3.8, 4) is 5.69 Å². The van der Waals surface area contributed by atoms with E-state index in [1.807, 2.05) is 18.4 Å². The summed E-state index contributed by atoms with van der Waals surface area (Å²) in [6.07, 6.45) is 5.18.